The van der Waals surface area contributed by atoms with Gasteiger partial charge in [0.2, 0.25) is 0 Å². The van der Waals surface area contributed by atoms with Crippen LogP contribution in [0.4, 0.5) is 0 Å². The molecule has 0 fully saturated rings. The van der Waals surface area contributed by atoms with Crippen molar-refractivity contribution in [2.45, 2.75) is 51.9 Å². The molecule has 3 heteroatoms. The van der Waals surface area contributed by atoms with Gasteiger partial charge in [-0.2, -0.15) is 0 Å². The molecule has 1 aromatic rings. The third kappa shape index (κ3) is 5.01. The summed E-state index contributed by atoms with van der Waals surface area (Å²) in [6.45, 7) is 2.26. The Morgan fingerprint density at radius 2 is 1.73 bits per heavy atom. The highest BCUT2D eigenvalue weighted by Crippen LogP contribution is 2.33. The van der Waals surface area contributed by atoms with Crippen LogP contribution in [-0.4, -0.2) is 0 Å². The molecule has 0 bridgehead atoms. The molecule has 0 saturated carbocycles. The maximum Gasteiger partial charge on any atom is 0.0742 e. The van der Waals surface area contributed by atoms with E-state index in [4.69, 9.17) is 0 Å². The highest BCUT2D eigenvalue weighted by atomic mass is 79.9. The molecule has 0 atom stereocenters. The maximum absolute atomic E-state index is 3.60. The Balaban J connectivity index is 2.15. The average Bonchev–Trinajstić information content (AvgIpc) is 2.54. The van der Waals surface area contributed by atoms with Crippen molar-refractivity contribution in [1.82, 2.24) is 0 Å². The molecule has 15 heavy (non-hydrogen) atoms. The molecule has 0 unspecified atom stereocenters. The molecule has 1 aromatic heterocycles. The monoisotopic (exact) mass is 352 g/mol. The van der Waals surface area contributed by atoms with Crippen LogP contribution in [0.1, 0.15) is 51.0 Å². The van der Waals surface area contributed by atoms with Crippen molar-refractivity contribution in [2.24, 2.45) is 0 Å². The summed E-state index contributed by atoms with van der Waals surface area (Å²) in [6.07, 6.45) is 9.42. The molecule has 1 rings (SSSR count). The van der Waals surface area contributed by atoms with Crippen molar-refractivity contribution < 1.29 is 0 Å². The predicted octanol–water partition coefficient (Wildman–Crippen LogP) is 6.18. The summed E-state index contributed by atoms with van der Waals surface area (Å²) in [6, 6.07) is 0. The van der Waals surface area contributed by atoms with Crippen LogP contribution < -0.4 is 0 Å². The van der Waals surface area contributed by atoms with Crippen molar-refractivity contribution in [2.75, 3.05) is 0 Å². The van der Waals surface area contributed by atoms with Gasteiger partial charge in [-0.05, 0) is 50.3 Å². The molecule has 0 saturated heterocycles. The summed E-state index contributed by atoms with van der Waals surface area (Å²) < 4.78 is 2.57. The Morgan fingerprint density at radius 3 is 2.33 bits per heavy atom. The zero-order valence-corrected chi connectivity index (χ0v) is 13.2. The Bertz CT molecular complexity index is 262. The molecule has 86 valence electrons. The van der Waals surface area contributed by atoms with E-state index in [1.54, 1.807) is 11.3 Å². The number of unbranched alkanes of at least 4 members (excludes halogenated alkanes) is 5. The largest absolute Gasteiger partial charge is 0.135 e. The Kier molecular flexibility index (Phi) is 7.19. The van der Waals surface area contributed by atoms with Gasteiger partial charge in [-0.1, -0.05) is 39.0 Å². The molecule has 0 spiro atoms. The minimum atomic E-state index is 1.21. The van der Waals surface area contributed by atoms with Gasteiger partial charge in [0.15, 0.2) is 0 Å². The van der Waals surface area contributed by atoms with E-state index in [9.17, 15) is 0 Å². The highest BCUT2D eigenvalue weighted by Gasteiger charge is 2.06. The zero-order chi connectivity index (χ0) is 11.1. The van der Waals surface area contributed by atoms with Crippen LogP contribution in [0, 0.1) is 0 Å². The SMILES string of the molecule is CCCCCCCCc1c(Br)csc1Br. The predicted molar refractivity (Wildman–Crippen MR) is 76.8 cm³/mol. The minimum Gasteiger partial charge on any atom is -0.135 e. The van der Waals surface area contributed by atoms with E-state index < -0.39 is 0 Å². The number of rotatable bonds is 7. The molecule has 0 radical (unpaired) electrons. The summed E-state index contributed by atoms with van der Waals surface area (Å²) >= 11 is 8.96. The Hall–Kier alpha value is 0.660. The number of thiophene rings is 1. The quantitative estimate of drug-likeness (QED) is 0.513. The fourth-order valence-electron chi connectivity index (χ4n) is 1.64. The Morgan fingerprint density at radius 1 is 1.07 bits per heavy atom. The molecule has 0 aliphatic rings. The highest BCUT2D eigenvalue weighted by molar-refractivity contribution is 9.11. The van der Waals surface area contributed by atoms with Crippen LogP contribution >= 0.6 is 43.2 Å². The van der Waals surface area contributed by atoms with Crippen LogP contribution in [0.25, 0.3) is 0 Å². The molecular weight excluding hydrogens is 336 g/mol. The second-order valence-electron chi connectivity index (χ2n) is 3.85. The smallest absolute Gasteiger partial charge is 0.0742 e. The molecule has 0 aromatic carbocycles. The van der Waals surface area contributed by atoms with Crippen LogP contribution in [0.15, 0.2) is 13.6 Å². The number of halogens is 2. The van der Waals surface area contributed by atoms with E-state index in [0.29, 0.717) is 0 Å². The van der Waals surface area contributed by atoms with Crippen molar-refractivity contribution in [3.05, 3.63) is 19.2 Å². The third-order valence-corrected chi connectivity index (χ3v) is 5.43. The average molecular weight is 354 g/mol. The van der Waals surface area contributed by atoms with Crippen molar-refractivity contribution in [3.8, 4) is 0 Å². The van der Waals surface area contributed by atoms with Gasteiger partial charge >= 0.3 is 0 Å². The summed E-state index contributed by atoms with van der Waals surface area (Å²) in [5.41, 5.74) is 1.45. The van der Waals surface area contributed by atoms with E-state index in [0.717, 1.165) is 0 Å². The van der Waals surface area contributed by atoms with Gasteiger partial charge in [0, 0.05) is 9.85 Å². The van der Waals surface area contributed by atoms with Crippen LogP contribution in [-0.2, 0) is 6.42 Å². The lowest BCUT2D eigenvalue weighted by Gasteiger charge is -2.01. The standard InChI is InChI=1S/C12H18Br2S/c1-2-3-4-5-6-7-8-10-11(13)9-15-12(10)14/h9H,2-8H2,1H3. The van der Waals surface area contributed by atoms with Crippen molar-refractivity contribution in [1.29, 1.82) is 0 Å². The topological polar surface area (TPSA) is 0 Å². The van der Waals surface area contributed by atoms with Gasteiger partial charge in [0.25, 0.3) is 0 Å². The first kappa shape index (κ1) is 13.7. The summed E-state index contributed by atoms with van der Waals surface area (Å²) in [5.74, 6) is 0. The van der Waals surface area contributed by atoms with E-state index >= 15 is 0 Å². The van der Waals surface area contributed by atoms with E-state index in [-0.39, 0.29) is 0 Å². The van der Waals surface area contributed by atoms with Gasteiger partial charge in [0.05, 0.1) is 3.79 Å². The van der Waals surface area contributed by atoms with Crippen LogP contribution in [0.2, 0.25) is 0 Å². The van der Waals surface area contributed by atoms with Gasteiger partial charge in [-0.25, -0.2) is 0 Å². The summed E-state index contributed by atoms with van der Waals surface area (Å²) in [5, 5.41) is 2.16. The van der Waals surface area contributed by atoms with Crippen LogP contribution in [0.5, 0.6) is 0 Å². The molecule has 0 nitrogen and oxygen atoms in total. The lowest BCUT2D eigenvalue weighted by Crippen LogP contribution is -1.85. The van der Waals surface area contributed by atoms with Gasteiger partial charge in [0.1, 0.15) is 0 Å². The molecule has 0 amide bonds. The van der Waals surface area contributed by atoms with Gasteiger partial charge < -0.3 is 0 Å². The second-order valence-corrected chi connectivity index (χ2v) is 6.91. The summed E-state index contributed by atoms with van der Waals surface area (Å²) in [7, 11) is 0. The fraction of sp³-hybridized carbons (Fsp3) is 0.667. The number of hydrogen-bond acceptors (Lipinski definition) is 1. The summed E-state index contributed by atoms with van der Waals surface area (Å²) in [4.78, 5) is 0. The molecule has 0 aliphatic heterocycles. The van der Waals surface area contributed by atoms with E-state index in [2.05, 4.69) is 44.2 Å². The molecule has 1 heterocycles. The molecular formula is C12H18Br2S. The first-order valence-electron chi connectivity index (χ1n) is 5.67. The van der Waals surface area contributed by atoms with Gasteiger partial charge in [-0.3, -0.25) is 0 Å². The van der Waals surface area contributed by atoms with E-state index in [1.807, 2.05) is 0 Å². The molecule has 0 N–H and O–H groups in total. The fourth-order valence-corrected chi connectivity index (χ4v) is 4.11. The lowest BCUT2D eigenvalue weighted by molar-refractivity contribution is 0.607. The number of hydrogen-bond donors (Lipinski definition) is 0. The third-order valence-electron chi connectivity index (χ3n) is 2.57. The minimum absolute atomic E-state index is 1.21. The van der Waals surface area contributed by atoms with Crippen molar-refractivity contribution >= 4 is 43.2 Å². The first-order chi connectivity index (χ1) is 7.25. The van der Waals surface area contributed by atoms with Crippen LogP contribution in [0.3, 0.4) is 0 Å². The normalized spacial score (nSPS) is 10.9. The maximum atomic E-state index is 3.60. The first-order valence-corrected chi connectivity index (χ1v) is 8.13. The molecule has 0 aliphatic carbocycles. The van der Waals surface area contributed by atoms with Crippen molar-refractivity contribution in [3.63, 3.8) is 0 Å². The van der Waals surface area contributed by atoms with E-state index in [1.165, 1.54) is 58.8 Å². The Labute approximate surface area is 114 Å². The lowest BCUT2D eigenvalue weighted by atomic mass is 10.1. The zero-order valence-electron chi connectivity index (χ0n) is 9.19. The van der Waals surface area contributed by atoms with Gasteiger partial charge in [-0.15, -0.1) is 11.3 Å². The second kappa shape index (κ2) is 7.86.